The highest BCUT2D eigenvalue weighted by Crippen LogP contribution is 2.35. The minimum atomic E-state index is -0.592. The molecule has 1 aromatic carbocycles. The van der Waals surface area contributed by atoms with Gasteiger partial charge in [-0.05, 0) is 31.0 Å². The molecule has 2 aromatic rings. The summed E-state index contributed by atoms with van der Waals surface area (Å²) in [6, 6.07) is 6.08. The number of aliphatic hydroxyl groups excluding tert-OH is 1. The molecule has 8 nitrogen and oxygen atoms in total. The monoisotopic (exact) mass is 484 g/mol. The van der Waals surface area contributed by atoms with Crippen LogP contribution in [0.1, 0.15) is 56.0 Å². The maximum Gasteiger partial charge on any atom is 0.132 e. The number of hydrogen-bond acceptors (Lipinski definition) is 8. The SMILES string of the molecule is C/N=C(\c1ccc(N2CCOCC2)cc1N=N)N1CCC[C@H]([C@H](O)c2nc(C(C)(C)C)cs2)C1. The van der Waals surface area contributed by atoms with Crippen LogP contribution >= 0.6 is 11.3 Å². The molecule has 0 unspecified atom stereocenters. The van der Waals surface area contributed by atoms with E-state index in [-0.39, 0.29) is 11.3 Å². The van der Waals surface area contributed by atoms with Gasteiger partial charge in [0.25, 0.3) is 0 Å². The number of aliphatic imine (C=N–C) groups is 1. The molecule has 2 aliphatic rings. The third kappa shape index (κ3) is 5.31. The van der Waals surface area contributed by atoms with E-state index in [9.17, 15) is 5.11 Å². The normalized spacial score (nSPS) is 21.0. The number of nitrogens with zero attached hydrogens (tertiary/aromatic N) is 5. The highest BCUT2D eigenvalue weighted by atomic mass is 32.1. The van der Waals surface area contributed by atoms with Crippen LogP contribution in [0.4, 0.5) is 11.4 Å². The summed E-state index contributed by atoms with van der Waals surface area (Å²) < 4.78 is 5.46. The highest BCUT2D eigenvalue weighted by molar-refractivity contribution is 7.09. The van der Waals surface area contributed by atoms with Crippen LogP contribution in [0, 0.1) is 11.4 Å². The number of benzene rings is 1. The molecule has 9 heteroatoms. The number of nitrogens with one attached hydrogen (secondary N) is 1. The molecular weight excluding hydrogens is 448 g/mol. The molecule has 0 aliphatic carbocycles. The Balaban J connectivity index is 1.52. The van der Waals surface area contributed by atoms with Gasteiger partial charge in [-0.1, -0.05) is 20.8 Å². The molecule has 2 fully saturated rings. The van der Waals surface area contributed by atoms with Crippen LogP contribution in [0.2, 0.25) is 0 Å². The summed E-state index contributed by atoms with van der Waals surface area (Å²) in [4.78, 5) is 13.9. The number of ether oxygens (including phenoxy) is 1. The summed E-state index contributed by atoms with van der Waals surface area (Å²) in [5.41, 5.74) is 11.3. The molecule has 1 aromatic heterocycles. The van der Waals surface area contributed by atoms with Crippen LogP contribution in [0.15, 0.2) is 33.7 Å². The number of aromatic nitrogens is 1. The second-order valence-corrected chi connectivity index (χ2v) is 11.0. The smallest absolute Gasteiger partial charge is 0.132 e. The zero-order chi connectivity index (χ0) is 24.3. The quantitative estimate of drug-likeness (QED) is 0.362. The summed E-state index contributed by atoms with van der Waals surface area (Å²) in [6.07, 6.45) is 1.33. The van der Waals surface area contributed by atoms with Gasteiger partial charge in [-0.25, -0.2) is 10.5 Å². The molecule has 0 spiro atoms. The minimum Gasteiger partial charge on any atom is -0.386 e. The van der Waals surface area contributed by atoms with Crippen molar-refractivity contribution in [3.8, 4) is 0 Å². The molecule has 2 aliphatic heterocycles. The zero-order valence-corrected chi connectivity index (χ0v) is 21.4. The third-order valence-electron chi connectivity index (χ3n) is 6.68. The number of amidine groups is 1. The highest BCUT2D eigenvalue weighted by Gasteiger charge is 2.32. The van der Waals surface area contributed by atoms with Gasteiger partial charge in [0, 0.05) is 61.2 Å². The number of morpholine rings is 1. The Labute approximate surface area is 206 Å². The first kappa shape index (κ1) is 24.8. The van der Waals surface area contributed by atoms with Gasteiger partial charge in [0.1, 0.15) is 16.9 Å². The van der Waals surface area contributed by atoms with Crippen LogP contribution in [0.25, 0.3) is 0 Å². The number of likely N-dealkylation sites (tertiary alicyclic amines) is 1. The zero-order valence-electron chi connectivity index (χ0n) is 20.6. The van der Waals surface area contributed by atoms with Crippen LogP contribution in [0.3, 0.4) is 0 Å². The Bertz CT molecular complexity index is 1020. The van der Waals surface area contributed by atoms with Gasteiger partial charge in [-0.15, -0.1) is 11.3 Å². The fourth-order valence-corrected chi connectivity index (χ4v) is 5.80. The lowest BCUT2D eigenvalue weighted by atomic mass is 9.91. The first-order chi connectivity index (χ1) is 16.3. The van der Waals surface area contributed by atoms with E-state index in [1.165, 1.54) is 0 Å². The molecule has 0 bridgehead atoms. The van der Waals surface area contributed by atoms with Crippen molar-refractivity contribution in [1.29, 1.82) is 5.53 Å². The summed E-state index contributed by atoms with van der Waals surface area (Å²) in [6.45, 7) is 11.1. The fourth-order valence-electron chi connectivity index (χ4n) is 4.68. The number of anilines is 1. The van der Waals surface area contributed by atoms with Crippen LogP contribution in [-0.4, -0.2) is 67.3 Å². The van der Waals surface area contributed by atoms with Gasteiger partial charge in [0.05, 0.1) is 24.6 Å². The first-order valence-corrected chi connectivity index (χ1v) is 12.9. The Morgan fingerprint density at radius 2 is 2.03 bits per heavy atom. The number of piperidine rings is 1. The van der Waals surface area contributed by atoms with E-state index in [4.69, 9.17) is 15.3 Å². The van der Waals surface area contributed by atoms with Gasteiger partial charge in [0.2, 0.25) is 0 Å². The van der Waals surface area contributed by atoms with Crippen molar-refractivity contribution in [2.24, 2.45) is 16.0 Å². The number of rotatable bonds is 5. The molecule has 2 atom stereocenters. The Hall–Kier alpha value is -2.36. The predicted molar refractivity (Wildman–Crippen MR) is 137 cm³/mol. The second-order valence-electron chi connectivity index (χ2n) is 10.1. The average molecular weight is 485 g/mol. The number of aliphatic hydroxyl groups is 1. The van der Waals surface area contributed by atoms with E-state index in [1.807, 2.05) is 12.1 Å². The van der Waals surface area contributed by atoms with Crippen LogP contribution in [0.5, 0.6) is 0 Å². The topological polar surface area (TPSA) is 97.4 Å². The molecule has 0 amide bonds. The van der Waals surface area contributed by atoms with Crippen molar-refractivity contribution >= 4 is 28.5 Å². The lowest BCUT2D eigenvalue weighted by Gasteiger charge is -2.37. The standard InChI is InChI=1S/C25H36N6O2S/c1-25(2,3)21-16-34-24(28-21)22(32)17-6-5-9-31(15-17)23(27-4)19-8-7-18(14-20(19)29-26)30-10-12-33-13-11-30/h7-8,14,16-17,22,26,32H,5-6,9-13,15H2,1-4H3/b27-23+,29-26?/t17-,22-/m0/s1. The van der Waals surface area contributed by atoms with Gasteiger partial charge in [0.15, 0.2) is 0 Å². The van der Waals surface area contributed by atoms with Crippen molar-refractivity contribution in [3.05, 3.63) is 39.8 Å². The lowest BCUT2D eigenvalue weighted by Crippen LogP contribution is -2.42. The maximum atomic E-state index is 11.2. The van der Waals surface area contributed by atoms with Gasteiger partial charge < -0.3 is 19.6 Å². The fraction of sp³-hybridized carbons (Fsp3) is 0.600. The summed E-state index contributed by atoms with van der Waals surface area (Å²) in [7, 11) is 1.79. The lowest BCUT2D eigenvalue weighted by molar-refractivity contribution is 0.0702. The van der Waals surface area contributed by atoms with Crippen molar-refractivity contribution in [2.75, 3.05) is 51.3 Å². The summed E-state index contributed by atoms with van der Waals surface area (Å²) in [5.74, 6) is 0.902. The molecule has 4 rings (SSSR count). The molecule has 2 saturated heterocycles. The predicted octanol–water partition coefficient (Wildman–Crippen LogP) is 4.76. The third-order valence-corrected chi connectivity index (χ3v) is 7.59. The first-order valence-electron chi connectivity index (χ1n) is 12.0. The average Bonchev–Trinajstić information content (AvgIpc) is 3.36. The Kier molecular flexibility index (Phi) is 7.64. The number of hydrogen-bond donors (Lipinski definition) is 2. The molecule has 2 N–H and O–H groups in total. The minimum absolute atomic E-state index is 0.0291. The molecule has 34 heavy (non-hydrogen) atoms. The van der Waals surface area contributed by atoms with Crippen molar-refractivity contribution < 1.29 is 9.84 Å². The maximum absolute atomic E-state index is 11.2. The second kappa shape index (κ2) is 10.5. The molecule has 0 radical (unpaired) electrons. The van der Waals surface area contributed by atoms with Crippen molar-refractivity contribution in [1.82, 2.24) is 9.88 Å². The molecule has 184 valence electrons. The van der Waals surface area contributed by atoms with Crippen molar-refractivity contribution in [2.45, 2.75) is 45.1 Å². The largest absolute Gasteiger partial charge is 0.386 e. The van der Waals surface area contributed by atoms with E-state index < -0.39 is 6.10 Å². The summed E-state index contributed by atoms with van der Waals surface area (Å²) in [5, 5.41) is 17.9. The Morgan fingerprint density at radius 1 is 1.26 bits per heavy atom. The van der Waals surface area contributed by atoms with Gasteiger partial charge >= 0.3 is 0 Å². The van der Waals surface area contributed by atoms with E-state index >= 15 is 0 Å². The van der Waals surface area contributed by atoms with E-state index in [1.54, 1.807) is 18.4 Å². The molecule has 0 saturated carbocycles. The van der Waals surface area contributed by atoms with Gasteiger partial charge in [-0.3, -0.25) is 4.99 Å². The van der Waals surface area contributed by atoms with Crippen molar-refractivity contribution in [3.63, 3.8) is 0 Å². The Morgan fingerprint density at radius 3 is 2.68 bits per heavy atom. The van der Waals surface area contributed by atoms with Gasteiger partial charge in [-0.2, -0.15) is 5.11 Å². The van der Waals surface area contributed by atoms with E-state index in [0.717, 1.165) is 60.3 Å². The molecule has 3 heterocycles. The van der Waals surface area contributed by atoms with Crippen LogP contribution in [-0.2, 0) is 10.2 Å². The summed E-state index contributed by atoms with van der Waals surface area (Å²) >= 11 is 1.55. The van der Waals surface area contributed by atoms with E-state index in [0.29, 0.717) is 25.4 Å². The molecular formula is C25H36N6O2S. The van der Waals surface area contributed by atoms with Crippen LogP contribution < -0.4 is 4.90 Å². The van der Waals surface area contributed by atoms with E-state index in [2.05, 4.69) is 52.1 Å². The number of thiazole rings is 1.